The highest BCUT2D eigenvalue weighted by Crippen LogP contribution is 2.28. The van der Waals surface area contributed by atoms with Crippen molar-refractivity contribution < 1.29 is 18.7 Å². The van der Waals surface area contributed by atoms with E-state index in [1.165, 1.54) is 38.4 Å². The molecule has 4 nitrogen and oxygen atoms in total. The fourth-order valence-electron chi connectivity index (χ4n) is 1.15. The fraction of sp³-hybridized carbons (Fsp3) is 0.250. The van der Waals surface area contributed by atoms with Crippen molar-refractivity contribution in [2.75, 3.05) is 21.0 Å². The highest BCUT2D eigenvalue weighted by molar-refractivity contribution is 9.10. The van der Waals surface area contributed by atoms with Crippen LogP contribution in [-0.4, -0.2) is 26.9 Å². The molecule has 0 aliphatic heterocycles. The number of nitrogens with one attached hydrogen (secondary N) is 1. The Morgan fingerprint density at radius 1 is 1.56 bits per heavy atom. The molecule has 98 valence electrons. The van der Waals surface area contributed by atoms with Crippen molar-refractivity contribution in [3.05, 3.63) is 34.1 Å². The number of methoxy groups -OCH3 is 1. The topological polar surface area (TPSA) is 47.6 Å². The zero-order valence-electron chi connectivity index (χ0n) is 10.00. The summed E-state index contributed by atoms with van der Waals surface area (Å²) in [5, 5.41) is 2.41. The van der Waals surface area contributed by atoms with Gasteiger partial charge in [0.05, 0.1) is 4.47 Å². The summed E-state index contributed by atoms with van der Waals surface area (Å²) in [4.78, 5) is 11.0. The van der Waals surface area contributed by atoms with E-state index in [0.717, 1.165) is 0 Å². The van der Waals surface area contributed by atoms with Crippen LogP contribution >= 0.6 is 15.9 Å². The van der Waals surface area contributed by atoms with Crippen molar-refractivity contribution in [2.24, 2.45) is 0 Å². The molecule has 1 rings (SSSR count). The minimum Gasteiger partial charge on any atom is -0.466 e. The molecular weight excluding hydrogens is 305 g/mol. The molecule has 0 spiro atoms. The van der Waals surface area contributed by atoms with Gasteiger partial charge in [-0.2, -0.15) is 0 Å². The number of ether oxygens (including phenoxy) is 2. The van der Waals surface area contributed by atoms with Gasteiger partial charge in [0, 0.05) is 25.8 Å². The van der Waals surface area contributed by atoms with Crippen molar-refractivity contribution in [1.82, 2.24) is 5.32 Å². The summed E-state index contributed by atoms with van der Waals surface area (Å²) in [6.45, 7) is 0.0584. The molecule has 0 bridgehead atoms. The van der Waals surface area contributed by atoms with Crippen LogP contribution in [0.3, 0.4) is 0 Å². The van der Waals surface area contributed by atoms with Crippen LogP contribution in [0.4, 0.5) is 4.39 Å². The van der Waals surface area contributed by atoms with Gasteiger partial charge in [0.1, 0.15) is 11.6 Å². The Labute approximate surface area is 113 Å². The number of carbonyl (C=O) groups is 1. The van der Waals surface area contributed by atoms with Crippen LogP contribution in [0.15, 0.2) is 22.7 Å². The number of benzene rings is 1. The molecule has 1 aromatic rings. The maximum atomic E-state index is 13.6. The average Bonchev–Trinajstić information content (AvgIpc) is 2.36. The number of amides is 1. The number of hydrogen-bond acceptors (Lipinski definition) is 3. The predicted molar refractivity (Wildman–Crippen MR) is 69.7 cm³/mol. The van der Waals surface area contributed by atoms with E-state index in [0.29, 0.717) is 10.2 Å². The Hall–Kier alpha value is -1.40. The first kappa shape index (κ1) is 14.7. The second-order valence-corrected chi connectivity index (χ2v) is 4.16. The Kier molecular flexibility index (Phi) is 5.80. The lowest BCUT2D eigenvalue weighted by atomic mass is 10.2. The van der Waals surface area contributed by atoms with Crippen LogP contribution in [0.2, 0.25) is 0 Å². The van der Waals surface area contributed by atoms with Gasteiger partial charge < -0.3 is 14.8 Å². The van der Waals surface area contributed by atoms with Crippen molar-refractivity contribution in [2.45, 2.75) is 0 Å². The lowest BCUT2D eigenvalue weighted by Gasteiger charge is -2.08. The number of hydrogen-bond donors (Lipinski definition) is 1. The number of halogens is 2. The predicted octanol–water partition coefficient (Wildman–Crippen LogP) is 2.33. The zero-order chi connectivity index (χ0) is 13.5. The van der Waals surface area contributed by atoms with Crippen LogP contribution in [0.5, 0.6) is 5.75 Å². The molecule has 0 radical (unpaired) electrons. The molecule has 6 heteroatoms. The lowest BCUT2D eigenvalue weighted by Crippen LogP contribution is -2.13. The fourth-order valence-corrected chi connectivity index (χ4v) is 1.58. The minimum absolute atomic E-state index is 0.0584. The van der Waals surface area contributed by atoms with Gasteiger partial charge in [-0.05, 0) is 34.1 Å². The van der Waals surface area contributed by atoms with Crippen LogP contribution in [0.1, 0.15) is 5.56 Å². The molecule has 0 aromatic heterocycles. The summed E-state index contributed by atoms with van der Waals surface area (Å²) in [5.74, 6) is -0.321. The minimum atomic E-state index is -0.452. The number of carbonyl (C=O) groups excluding carboxylic acids is 1. The molecule has 0 saturated carbocycles. The molecule has 1 N–H and O–H groups in total. The van der Waals surface area contributed by atoms with Crippen LogP contribution in [0, 0.1) is 5.82 Å². The lowest BCUT2D eigenvalue weighted by molar-refractivity contribution is -0.115. The van der Waals surface area contributed by atoms with E-state index >= 15 is 0 Å². The largest absolute Gasteiger partial charge is 0.466 e. The summed E-state index contributed by atoms with van der Waals surface area (Å²) in [6.07, 6.45) is 2.62. The molecule has 0 heterocycles. The summed E-state index contributed by atoms with van der Waals surface area (Å²) in [7, 11) is 2.99. The van der Waals surface area contributed by atoms with Gasteiger partial charge in [-0.3, -0.25) is 4.79 Å². The molecule has 1 amide bonds. The molecule has 0 fully saturated rings. The first-order chi connectivity index (χ1) is 8.58. The molecule has 1 aromatic carbocycles. The van der Waals surface area contributed by atoms with E-state index in [2.05, 4.69) is 21.2 Å². The Morgan fingerprint density at radius 3 is 2.89 bits per heavy atom. The normalized spacial score (nSPS) is 10.7. The molecule has 0 aliphatic carbocycles. The number of likely N-dealkylation sites (N-methyl/N-ethyl adjacent to an activating group) is 1. The second kappa shape index (κ2) is 7.13. The SMILES string of the molecule is CNC(=O)/C=C/c1cc(OCOC)c(Br)cc1F. The van der Waals surface area contributed by atoms with E-state index in [1.807, 2.05) is 0 Å². The van der Waals surface area contributed by atoms with E-state index in [-0.39, 0.29) is 18.3 Å². The average molecular weight is 318 g/mol. The maximum Gasteiger partial charge on any atom is 0.243 e. The molecular formula is C12H13BrFNO3. The van der Waals surface area contributed by atoms with Gasteiger partial charge in [0.15, 0.2) is 6.79 Å². The zero-order valence-corrected chi connectivity index (χ0v) is 11.6. The monoisotopic (exact) mass is 317 g/mol. The Balaban J connectivity index is 2.97. The highest BCUT2D eigenvalue weighted by atomic mass is 79.9. The van der Waals surface area contributed by atoms with Gasteiger partial charge in [-0.1, -0.05) is 0 Å². The van der Waals surface area contributed by atoms with Gasteiger partial charge >= 0.3 is 0 Å². The van der Waals surface area contributed by atoms with Crippen molar-refractivity contribution in [1.29, 1.82) is 0 Å². The molecule has 0 aliphatic rings. The Morgan fingerprint density at radius 2 is 2.28 bits per heavy atom. The quantitative estimate of drug-likeness (QED) is 0.669. The Bertz CT molecular complexity index is 463. The van der Waals surface area contributed by atoms with E-state index in [4.69, 9.17) is 9.47 Å². The van der Waals surface area contributed by atoms with Crippen molar-refractivity contribution >= 4 is 27.9 Å². The summed E-state index contributed by atoms with van der Waals surface area (Å²) in [5.41, 5.74) is 0.257. The van der Waals surface area contributed by atoms with Gasteiger partial charge in [-0.25, -0.2) is 4.39 Å². The summed E-state index contributed by atoms with van der Waals surface area (Å²) < 4.78 is 24.1. The van der Waals surface area contributed by atoms with Gasteiger partial charge in [0.25, 0.3) is 0 Å². The number of rotatable bonds is 5. The van der Waals surface area contributed by atoms with E-state index < -0.39 is 5.82 Å². The summed E-state index contributed by atoms with van der Waals surface area (Å²) in [6, 6.07) is 2.76. The molecule has 0 saturated heterocycles. The standard InChI is InChI=1S/C12H13BrFNO3/c1-15-12(16)4-3-8-5-11(18-7-17-2)9(13)6-10(8)14/h3-6H,7H2,1-2H3,(H,15,16)/b4-3+. The van der Waals surface area contributed by atoms with Crippen molar-refractivity contribution in [3.8, 4) is 5.75 Å². The van der Waals surface area contributed by atoms with Crippen LogP contribution < -0.4 is 10.1 Å². The third kappa shape index (κ3) is 4.12. The van der Waals surface area contributed by atoms with Crippen molar-refractivity contribution in [3.63, 3.8) is 0 Å². The smallest absolute Gasteiger partial charge is 0.243 e. The van der Waals surface area contributed by atoms with Crippen LogP contribution in [-0.2, 0) is 9.53 Å². The third-order valence-corrected chi connectivity index (χ3v) is 2.66. The van der Waals surface area contributed by atoms with Gasteiger partial charge in [-0.15, -0.1) is 0 Å². The first-order valence-corrected chi connectivity index (χ1v) is 5.88. The first-order valence-electron chi connectivity index (χ1n) is 5.09. The van der Waals surface area contributed by atoms with Gasteiger partial charge in [0.2, 0.25) is 5.91 Å². The van der Waals surface area contributed by atoms with E-state index in [9.17, 15) is 9.18 Å². The molecule has 18 heavy (non-hydrogen) atoms. The second-order valence-electron chi connectivity index (χ2n) is 3.30. The van der Waals surface area contributed by atoms with Crippen LogP contribution in [0.25, 0.3) is 6.08 Å². The molecule has 0 atom stereocenters. The highest BCUT2D eigenvalue weighted by Gasteiger charge is 2.07. The van der Waals surface area contributed by atoms with E-state index in [1.54, 1.807) is 0 Å². The summed E-state index contributed by atoms with van der Waals surface area (Å²) >= 11 is 3.18. The molecule has 0 unspecified atom stereocenters. The maximum absolute atomic E-state index is 13.6. The third-order valence-electron chi connectivity index (χ3n) is 2.04.